The van der Waals surface area contributed by atoms with E-state index in [2.05, 4.69) is 0 Å². The number of fused-ring (bicyclic) bond motifs is 1. The fourth-order valence-corrected chi connectivity index (χ4v) is 1.90. The summed E-state index contributed by atoms with van der Waals surface area (Å²) in [7, 11) is 0. The molecule has 20 heavy (non-hydrogen) atoms. The van der Waals surface area contributed by atoms with Crippen molar-refractivity contribution in [1.29, 1.82) is 0 Å². The standard InChI is InChI=1S/C15H10O3.C2H6/c16-12-7-5-10(6-8-12)13-9-11-3-1-2-4-14(11)18-15(13)17;1-2/h1-9,16H;1-2H3. The van der Waals surface area contributed by atoms with E-state index < -0.39 is 0 Å². The molecular weight excluding hydrogens is 252 g/mol. The maximum Gasteiger partial charge on any atom is 0.344 e. The van der Waals surface area contributed by atoms with Crippen LogP contribution < -0.4 is 5.63 Å². The van der Waals surface area contributed by atoms with Gasteiger partial charge in [0.25, 0.3) is 0 Å². The molecule has 0 bridgehead atoms. The van der Waals surface area contributed by atoms with Crippen LogP contribution in [0, 0.1) is 0 Å². The van der Waals surface area contributed by atoms with Crippen LogP contribution in [0.25, 0.3) is 22.1 Å². The van der Waals surface area contributed by atoms with Gasteiger partial charge in [0, 0.05) is 5.39 Å². The molecule has 3 aromatic rings. The van der Waals surface area contributed by atoms with Gasteiger partial charge in [-0.3, -0.25) is 0 Å². The summed E-state index contributed by atoms with van der Waals surface area (Å²) in [6.07, 6.45) is 0. The molecule has 0 unspecified atom stereocenters. The Labute approximate surface area is 117 Å². The first-order valence-electron chi connectivity index (χ1n) is 6.56. The number of hydrogen-bond acceptors (Lipinski definition) is 3. The topological polar surface area (TPSA) is 50.4 Å². The summed E-state index contributed by atoms with van der Waals surface area (Å²) in [4.78, 5) is 11.9. The molecule has 0 atom stereocenters. The van der Waals surface area contributed by atoms with Crippen LogP contribution in [0.15, 0.2) is 63.8 Å². The number of hydrogen-bond donors (Lipinski definition) is 1. The van der Waals surface area contributed by atoms with Gasteiger partial charge in [-0.05, 0) is 29.8 Å². The highest BCUT2D eigenvalue weighted by Crippen LogP contribution is 2.22. The van der Waals surface area contributed by atoms with E-state index in [1.807, 2.05) is 32.0 Å². The quantitative estimate of drug-likeness (QED) is 0.673. The molecule has 3 rings (SSSR count). The summed E-state index contributed by atoms with van der Waals surface area (Å²) in [5.41, 5.74) is 1.42. The van der Waals surface area contributed by atoms with Crippen molar-refractivity contribution < 1.29 is 9.52 Å². The first-order chi connectivity index (χ1) is 9.74. The Morgan fingerprint density at radius 1 is 0.950 bits per heavy atom. The number of aromatic hydroxyl groups is 1. The summed E-state index contributed by atoms with van der Waals surface area (Å²) in [6.45, 7) is 4.00. The normalized spacial score (nSPS) is 9.90. The molecular formula is C17H16O3. The number of phenols is 1. The highest BCUT2D eigenvalue weighted by atomic mass is 16.4. The van der Waals surface area contributed by atoms with Crippen LogP contribution >= 0.6 is 0 Å². The highest BCUT2D eigenvalue weighted by Gasteiger charge is 2.07. The second-order valence-corrected chi connectivity index (χ2v) is 4.03. The van der Waals surface area contributed by atoms with E-state index >= 15 is 0 Å². The van der Waals surface area contributed by atoms with E-state index in [9.17, 15) is 9.90 Å². The van der Waals surface area contributed by atoms with Crippen molar-refractivity contribution in [2.75, 3.05) is 0 Å². The average Bonchev–Trinajstić information content (AvgIpc) is 2.49. The molecule has 1 aromatic heterocycles. The van der Waals surface area contributed by atoms with Crippen molar-refractivity contribution in [2.24, 2.45) is 0 Å². The van der Waals surface area contributed by atoms with Gasteiger partial charge in [-0.15, -0.1) is 0 Å². The van der Waals surface area contributed by atoms with Crippen LogP contribution in [0.2, 0.25) is 0 Å². The zero-order valence-corrected chi connectivity index (χ0v) is 11.5. The predicted molar refractivity (Wildman–Crippen MR) is 80.9 cm³/mol. The van der Waals surface area contributed by atoms with Crippen LogP contribution in [0.4, 0.5) is 0 Å². The molecule has 3 nitrogen and oxygen atoms in total. The molecule has 3 heteroatoms. The lowest BCUT2D eigenvalue weighted by atomic mass is 10.1. The first kappa shape index (κ1) is 13.9. The van der Waals surface area contributed by atoms with Crippen molar-refractivity contribution in [3.63, 3.8) is 0 Å². The van der Waals surface area contributed by atoms with E-state index in [1.165, 1.54) is 0 Å². The van der Waals surface area contributed by atoms with Crippen molar-refractivity contribution >= 4 is 11.0 Å². The molecule has 1 heterocycles. The molecule has 0 saturated carbocycles. The third kappa shape index (κ3) is 2.72. The molecule has 0 radical (unpaired) electrons. The van der Waals surface area contributed by atoms with E-state index in [0.29, 0.717) is 11.1 Å². The molecule has 102 valence electrons. The van der Waals surface area contributed by atoms with E-state index in [0.717, 1.165) is 10.9 Å². The summed E-state index contributed by atoms with van der Waals surface area (Å²) in [6, 6.07) is 15.6. The van der Waals surface area contributed by atoms with Gasteiger partial charge in [0.1, 0.15) is 11.3 Å². The van der Waals surface area contributed by atoms with E-state index in [1.54, 1.807) is 36.4 Å². The Kier molecular flexibility index (Phi) is 4.20. The zero-order chi connectivity index (χ0) is 14.5. The fraction of sp³-hybridized carbons (Fsp3) is 0.118. The molecule has 2 aromatic carbocycles. The Bertz CT molecular complexity index is 755. The monoisotopic (exact) mass is 268 g/mol. The third-order valence-electron chi connectivity index (χ3n) is 2.82. The van der Waals surface area contributed by atoms with Crippen molar-refractivity contribution in [3.05, 3.63) is 65.0 Å². The molecule has 0 aliphatic carbocycles. The third-order valence-corrected chi connectivity index (χ3v) is 2.82. The maximum atomic E-state index is 11.9. The second kappa shape index (κ2) is 6.06. The summed E-state index contributed by atoms with van der Waals surface area (Å²) >= 11 is 0. The Morgan fingerprint density at radius 3 is 2.30 bits per heavy atom. The summed E-state index contributed by atoms with van der Waals surface area (Å²) < 4.78 is 5.26. The van der Waals surface area contributed by atoms with E-state index in [4.69, 9.17) is 4.42 Å². The lowest BCUT2D eigenvalue weighted by molar-refractivity contribution is 0.475. The maximum absolute atomic E-state index is 11.9. The second-order valence-electron chi connectivity index (χ2n) is 4.03. The van der Waals surface area contributed by atoms with Gasteiger partial charge in [-0.2, -0.15) is 0 Å². The van der Waals surface area contributed by atoms with Crippen LogP contribution in [-0.4, -0.2) is 5.11 Å². The van der Waals surface area contributed by atoms with Gasteiger partial charge in [0.2, 0.25) is 0 Å². The Morgan fingerprint density at radius 2 is 1.60 bits per heavy atom. The van der Waals surface area contributed by atoms with Crippen LogP contribution in [-0.2, 0) is 0 Å². The molecule has 0 aliphatic rings. The van der Waals surface area contributed by atoms with Crippen molar-refractivity contribution in [2.45, 2.75) is 13.8 Å². The van der Waals surface area contributed by atoms with Gasteiger partial charge >= 0.3 is 5.63 Å². The van der Waals surface area contributed by atoms with Crippen molar-refractivity contribution in [3.8, 4) is 16.9 Å². The summed E-state index contributed by atoms with van der Waals surface area (Å²) in [5.74, 6) is 0.170. The lowest BCUT2D eigenvalue weighted by Gasteiger charge is -2.02. The summed E-state index contributed by atoms with van der Waals surface area (Å²) in [5, 5.41) is 10.1. The van der Waals surface area contributed by atoms with Gasteiger partial charge in [-0.25, -0.2) is 4.79 Å². The number of rotatable bonds is 1. The number of phenolic OH excluding ortho intramolecular Hbond substituents is 1. The molecule has 0 spiro atoms. The first-order valence-corrected chi connectivity index (χ1v) is 6.56. The minimum atomic E-state index is -0.376. The van der Waals surface area contributed by atoms with Gasteiger partial charge < -0.3 is 9.52 Å². The smallest absolute Gasteiger partial charge is 0.344 e. The minimum Gasteiger partial charge on any atom is -0.508 e. The van der Waals surface area contributed by atoms with Crippen LogP contribution in [0.3, 0.4) is 0 Å². The molecule has 0 aliphatic heterocycles. The van der Waals surface area contributed by atoms with Gasteiger partial charge in [0.15, 0.2) is 0 Å². The van der Waals surface area contributed by atoms with Crippen LogP contribution in [0.5, 0.6) is 5.75 Å². The Hall–Kier alpha value is -2.55. The zero-order valence-electron chi connectivity index (χ0n) is 11.5. The fourth-order valence-electron chi connectivity index (χ4n) is 1.90. The molecule has 0 amide bonds. The Balaban J connectivity index is 0.000000704. The minimum absolute atomic E-state index is 0.170. The van der Waals surface area contributed by atoms with Crippen LogP contribution in [0.1, 0.15) is 13.8 Å². The van der Waals surface area contributed by atoms with Gasteiger partial charge in [0.05, 0.1) is 5.56 Å². The molecule has 0 fully saturated rings. The largest absolute Gasteiger partial charge is 0.508 e. The lowest BCUT2D eigenvalue weighted by Crippen LogP contribution is -2.02. The van der Waals surface area contributed by atoms with Crippen molar-refractivity contribution in [1.82, 2.24) is 0 Å². The average molecular weight is 268 g/mol. The SMILES string of the molecule is CC.O=c1oc2ccccc2cc1-c1ccc(O)cc1. The number of para-hydroxylation sites is 1. The van der Waals surface area contributed by atoms with Gasteiger partial charge in [-0.1, -0.05) is 44.2 Å². The molecule has 0 saturated heterocycles. The highest BCUT2D eigenvalue weighted by molar-refractivity contribution is 5.81. The van der Waals surface area contributed by atoms with E-state index in [-0.39, 0.29) is 11.4 Å². The number of benzene rings is 2. The molecule has 1 N–H and O–H groups in total. The predicted octanol–water partition coefficient (Wildman–Crippen LogP) is 4.19.